The average molecular weight is 260 g/mol. The Balaban J connectivity index is 2.09. The van der Waals surface area contributed by atoms with Crippen molar-refractivity contribution in [2.75, 3.05) is 13.1 Å². The number of unbranched alkanes of at least 4 members (excludes halogenated alkanes) is 1. The lowest BCUT2D eigenvalue weighted by Gasteiger charge is -2.20. The lowest BCUT2D eigenvalue weighted by molar-refractivity contribution is -0.131. The maximum absolute atomic E-state index is 12.2. The van der Waals surface area contributed by atoms with Crippen molar-refractivity contribution in [2.45, 2.75) is 33.2 Å². The molecule has 2 aromatic rings. The van der Waals surface area contributed by atoms with E-state index in [2.05, 4.69) is 17.2 Å². The standard InChI is InChI=1S/C14H20N4O/c1-3-5-10-17(4-2)14(19)11-18-13-9-7-6-8-12(13)15-16-18/h6-9H,3-5,10-11H2,1-2H3. The van der Waals surface area contributed by atoms with Crippen molar-refractivity contribution in [1.82, 2.24) is 19.9 Å². The second-order valence-corrected chi connectivity index (χ2v) is 4.56. The zero-order valence-corrected chi connectivity index (χ0v) is 11.5. The summed E-state index contributed by atoms with van der Waals surface area (Å²) in [6.07, 6.45) is 2.13. The van der Waals surface area contributed by atoms with Crippen LogP contribution >= 0.6 is 0 Å². The molecule has 1 heterocycles. The summed E-state index contributed by atoms with van der Waals surface area (Å²) in [5, 5.41) is 8.11. The van der Waals surface area contributed by atoms with E-state index in [-0.39, 0.29) is 12.5 Å². The second kappa shape index (κ2) is 6.31. The van der Waals surface area contributed by atoms with Gasteiger partial charge in [-0.15, -0.1) is 5.10 Å². The van der Waals surface area contributed by atoms with Crippen LogP contribution in [0.15, 0.2) is 24.3 Å². The van der Waals surface area contributed by atoms with E-state index < -0.39 is 0 Å². The normalized spacial score (nSPS) is 10.8. The van der Waals surface area contributed by atoms with E-state index in [9.17, 15) is 4.79 Å². The van der Waals surface area contributed by atoms with Gasteiger partial charge in [0.25, 0.3) is 0 Å². The van der Waals surface area contributed by atoms with E-state index in [4.69, 9.17) is 0 Å². The van der Waals surface area contributed by atoms with Gasteiger partial charge in [0.05, 0.1) is 5.52 Å². The van der Waals surface area contributed by atoms with Crippen LogP contribution in [0, 0.1) is 0 Å². The molecule has 0 N–H and O–H groups in total. The van der Waals surface area contributed by atoms with Crippen LogP contribution < -0.4 is 0 Å². The lowest BCUT2D eigenvalue weighted by Crippen LogP contribution is -2.34. The van der Waals surface area contributed by atoms with Gasteiger partial charge in [-0.3, -0.25) is 4.79 Å². The third-order valence-electron chi connectivity index (χ3n) is 3.22. The highest BCUT2D eigenvalue weighted by atomic mass is 16.2. The molecule has 0 aliphatic carbocycles. The zero-order valence-electron chi connectivity index (χ0n) is 11.5. The summed E-state index contributed by atoms with van der Waals surface area (Å²) in [7, 11) is 0. The van der Waals surface area contributed by atoms with Crippen molar-refractivity contribution in [1.29, 1.82) is 0 Å². The number of carbonyl (C=O) groups excluding carboxylic acids is 1. The summed E-state index contributed by atoms with van der Waals surface area (Å²) in [4.78, 5) is 14.1. The van der Waals surface area contributed by atoms with Gasteiger partial charge in [-0.05, 0) is 25.5 Å². The fourth-order valence-electron chi connectivity index (χ4n) is 2.07. The first-order valence-electron chi connectivity index (χ1n) is 6.82. The fraction of sp³-hybridized carbons (Fsp3) is 0.500. The summed E-state index contributed by atoms with van der Waals surface area (Å²) in [5.74, 6) is 0.103. The molecule has 5 nitrogen and oxygen atoms in total. The zero-order chi connectivity index (χ0) is 13.7. The Morgan fingerprint density at radius 1 is 1.32 bits per heavy atom. The predicted molar refractivity (Wildman–Crippen MR) is 74.7 cm³/mol. The summed E-state index contributed by atoms with van der Waals surface area (Å²) in [6.45, 7) is 5.96. The number of fused-ring (bicyclic) bond motifs is 1. The highest BCUT2D eigenvalue weighted by Gasteiger charge is 2.14. The minimum Gasteiger partial charge on any atom is -0.341 e. The van der Waals surface area contributed by atoms with E-state index in [0.29, 0.717) is 0 Å². The summed E-state index contributed by atoms with van der Waals surface area (Å²) < 4.78 is 1.67. The smallest absolute Gasteiger partial charge is 0.244 e. The first-order valence-corrected chi connectivity index (χ1v) is 6.82. The topological polar surface area (TPSA) is 51.0 Å². The quantitative estimate of drug-likeness (QED) is 0.799. The van der Waals surface area contributed by atoms with Gasteiger partial charge in [0.1, 0.15) is 12.1 Å². The maximum Gasteiger partial charge on any atom is 0.244 e. The number of aromatic nitrogens is 3. The van der Waals surface area contributed by atoms with Crippen LogP contribution in [-0.4, -0.2) is 38.9 Å². The Labute approximate surface area is 113 Å². The first-order chi connectivity index (χ1) is 9.26. The molecule has 1 aromatic heterocycles. The maximum atomic E-state index is 12.2. The Kier molecular flexibility index (Phi) is 4.49. The third-order valence-corrected chi connectivity index (χ3v) is 3.22. The number of amides is 1. The summed E-state index contributed by atoms with van der Waals surface area (Å²) >= 11 is 0. The van der Waals surface area contributed by atoms with Gasteiger partial charge in [-0.25, -0.2) is 4.68 Å². The monoisotopic (exact) mass is 260 g/mol. The molecule has 0 aliphatic rings. The molecule has 0 saturated carbocycles. The van der Waals surface area contributed by atoms with Crippen molar-refractivity contribution in [3.05, 3.63) is 24.3 Å². The van der Waals surface area contributed by atoms with Crippen LogP contribution in [0.1, 0.15) is 26.7 Å². The second-order valence-electron chi connectivity index (χ2n) is 4.56. The molecule has 2 rings (SSSR count). The van der Waals surface area contributed by atoms with Crippen molar-refractivity contribution in [2.24, 2.45) is 0 Å². The van der Waals surface area contributed by atoms with Crippen molar-refractivity contribution in [3.8, 4) is 0 Å². The molecule has 0 radical (unpaired) electrons. The van der Waals surface area contributed by atoms with Crippen LogP contribution in [0.3, 0.4) is 0 Å². The summed E-state index contributed by atoms with van der Waals surface area (Å²) in [6, 6.07) is 7.69. The van der Waals surface area contributed by atoms with Gasteiger partial charge < -0.3 is 4.90 Å². The van der Waals surface area contributed by atoms with E-state index >= 15 is 0 Å². The third kappa shape index (κ3) is 3.10. The molecule has 0 unspecified atom stereocenters. The molecule has 0 aliphatic heterocycles. The molecule has 0 bridgehead atoms. The number of likely N-dealkylation sites (N-methyl/N-ethyl adjacent to an activating group) is 1. The Bertz CT molecular complexity index is 549. The minimum absolute atomic E-state index is 0.103. The highest BCUT2D eigenvalue weighted by Crippen LogP contribution is 2.10. The molecular formula is C14H20N4O. The van der Waals surface area contributed by atoms with Crippen LogP contribution in [0.4, 0.5) is 0 Å². The van der Waals surface area contributed by atoms with Gasteiger partial charge in [0.15, 0.2) is 0 Å². The van der Waals surface area contributed by atoms with Gasteiger partial charge in [-0.2, -0.15) is 0 Å². The molecule has 0 fully saturated rings. The Morgan fingerprint density at radius 2 is 2.11 bits per heavy atom. The van der Waals surface area contributed by atoms with Crippen LogP contribution in [0.5, 0.6) is 0 Å². The highest BCUT2D eigenvalue weighted by molar-refractivity contribution is 5.79. The van der Waals surface area contributed by atoms with E-state index in [0.717, 1.165) is 37.0 Å². The van der Waals surface area contributed by atoms with Crippen molar-refractivity contribution < 1.29 is 4.79 Å². The molecule has 0 atom stereocenters. The number of hydrogen-bond donors (Lipinski definition) is 0. The summed E-state index contributed by atoms with van der Waals surface area (Å²) in [5.41, 5.74) is 1.73. The van der Waals surface area contributed by atoms with E-state index in [1.807, 2.05) is 36.1 Å². The Hall–Kier alpha value is -1.91. The average Bonchev–Trinajstić information content (AvgIpc) is 2.83. The van der Waals surface area contributed by atoms with Gasteiger partial charge >= 0.3 is 0 Å². The SMILES string of the molecule is CCCCN(CC)C(=O)Cn1nnc2ccccc21. The molecule has 102 valence electrons. The predicted octanol–water partition coefficient (Wildman–Crippen LogP) is 2.08. The molecular weight excluding hydrogens is 240 g/mol. The number of carbonyl (C=O) groups is 1. The number of benzene rings is 1. The lowest BCUT2D eigenvalue weighted by atomic mass is 10.3. The van der Waals surface area contributed by atoms with Gasteiger partial charge in [0, 0.05) is 13.1 Å². The number of para-hydroxylation sites is 1. The number of rotatable bonds is 6. The Morgan fingerprint density at radius 3 is 2.84 bits per heavy atom. The van der Waals surface area contributed by atoms with E-state index in [1.54, 1.807) is 4.68 Å². The number of hydrogen-bond acceptors (Lipinski definition) is 3. The molecule has 1 amide bonds. The molecule has 0 spiro atoms. The first kappa shape index (κ1) is 13.5. The van der Waals surface area contributed by atoms with Gasteiger partial charge in [-0.1, -0.05) is 30.7 Å². The number of nitrogens with zero attached hydrogens (tertiary/aromatic N) is 4. The van der Waals surface area contributed by atoms with E-state index in [1.165, 1.54) is 0 Å². The van der Waals surface area contributed by atoms with Crippen LogP contribution in [0.2, 0.25) is 0 Å². The van der Waals surface area contributed by atoms with Crippen LogP contribution in [-0.2, 0) is 11.3 Å². The van der Waals surface area contributed by atoms with Crippen LogP contribution in [0.25, 0.3) is 11.0 Å². The molecule has 19 heavy (non-hydrogen) atoms. The van der Waals surface area contributed by atoms with Crippen molar-refractivity contribution >= 4 is 16.9 Å². The largest absolute Gasteiger partial charge is 0.341 e. The van der Waals surface area contributed by atoms with Gasteiger partial charge in [0.2, 0.25) is 5.91 Å². The molecule has 5 heteroatoms. The molecule has 1 aromatic carbocycles. The minimum atomic E-state index is 0.103. The van der Waals surface area contributed by atoms with Crippen molar-refractivity contribution in [3.63, 3.8) is 0 Å². The fourth-order valence-corrected chi connectivity index (χ4v) is 2.07. The molecule has 0 saturated heterocycles.